The van der Waals surface area contributed by atoms with Crippen molar-refractivity contribution in [3.05, 3.63) is 53.9 Å². The van der Waals surface area contributed by atoms with Crippen molar-refractivity contribution in [3.8, 4) is 0 Å². The van der Waals surface area contributed by atoms with Gasteiger partial charge in [0.15, 0.2) is 5.96 Å². The number of hydrogen-bond acceptors (Lipinski definition) is 2. The lowest BCUT2D eigenvalue weighted by Gasteiger charge is -2.43. The van der Waals surface area contributed by atoms with E-state index in [-0.39, 0.29) is 29.4 Å². The van der Waals surface area contributed by atoms with Gasteiger partial charge < -0.3 is 10.6 Å². The van der Waals surface area contributed by atoms with Gasteiger partial charge in [-0.05, 0) is 30.9 Å². The lowest BCUT2D eigenvalue weighted by atomic mass is 9.64. The molecule has 0 atom stereocenters. The highest BCUT2D eigenvalue weighted by atomic mass is 127. The molecule has 1 aromatic heterocycles. The van der Waals surface area contributed by atoms with E-state index >= 15 is 0 Å². The number of rotatable bonds is 6. The molecule has 1 heterocycles. The summed E-state index contributed by atoms with van der Waals surface area (Å²) in [6.45, 7) is 4.62. The normalized spacial score (nSPS) is 15.8. The molecular formula is C19H28IN5. The molecule has 5 nitrogen and oxygen atoms in total. The first-order valence-corrected chi connectivity index (χ1v) is 8.71. The average Bonchev–Trinajstić information content (AvgIpc) is 2.98. The minimum absolute atomic E-state index is 0. The number of hydrogen-bond donors (Lipinski definition) is 2. The number of aliphatic imine (C=N–C) groups is 1. The van der Waals surface area contributed by atoms with E-state index in [9.17, 15) is 0 Å². The third kappa shape index (κ3) is 4.96. The van der Waals surface area contributed by atoms with E-state index in [2.05, 4.69) is 64.2 Å². The molecule has 0 radical (unpaired) electrons. The van der Waals surface area contributed by atoms with Crippen LogP contribution < -0.4 is 10.6 Å². The monoisotopic (exact) mass is 453 g/mol. The SMILES string of the molecule is CN=C(NCCn1cc(C)cn1)NCC1(c2ccccc2)CCC1.I. The molecule has 1 fully saturated rings. The number of aromatic nitrogens is 2. The Balaban J connectivity index is 0.00000225. The van der Waals surface area contributed by atoms with E-state index in [0.29, 0.717) is 0 Å². The van der Waals surface area contributed by atoms with Crippen LogP contribution in [0.5, 0.6) is 0 Å². The zero-order chi connectivity index (χ0) is 16.8. The second-order valence-electron chi connectivity index (χ2n) is 6.63. The van der Waals surface area contributed by atoms with Crippen LogP contribution in [0, 0.1) is 6.92 Å². The van der Waals surface area contributed by atoms with Gasteiger partial charge in [0.25, 0.3) is 0 Å². The molecule has 2 aromatic rings. The van der Waals surface area contributed by atoms with Gasteiger partial charge in [0.1, 0.15) is 0 Å². The molecule has 2 N–H and O–H groups in total. The topological polar surface area (TPSA) is 54.2 Å². The Morgan fingerprint density at radius 3 is 2.56 bits per heavy atom. The average molecular weight is 453 g/mol. The highest BCUT2D eigenvalue weighted by molar-refractivity contribution is 14.0. The first-order chi connectivity index (χ1) is 11.7. The first-order valence-electron chi connectivity index (χ1n) is 8.71. The van der Waals surface area contributed by atoms with Gasteiger partial charge in [-0.1, -0.05) is 36.8 Å². The standard InChI is InChI=1S/C19H27N5.HI/c1-16-13-23-24(14-16)12-11-21-18(20-2)22-15-19(9-6-10-19)17-7-4-3-5-8-17;/h3-5,7-8,13-14H,6,9-12,15H2,1-2H3,(H2,20,21,22);1H. The predicted molar refractivity (Wildman–Crippen MR) is 114 cm³/mol. The summed E-state index contributed by atoms with van der Waals surface area (Å²) < 4.78 is 1.95. The Hall–Kier alpha value is -1.57. The van der Waals surface area contributed by atoms with Crippen molar-refractivity contribution in [1.29, 1.82) is 0 Å². The minimum Gasteiger partial charge on any atom is -0.356 e. The summed E-state index contributed by atoms with van der Waals surface area (Å²) in [6.07, 6.45) is 7.73. The van der Waals surface area contributed by atoms with Crippen LogP contribution in [-0.4, -0.2) is 35.9 Å². The smallest absolute Gasteiger partial charge is 0.191 e. The van der Waals surface area contributed by atoms with Crippen molar-refractivity contribution in [2.75, 3.05) is 20.1 Å². The van der Waals surface area contributed by atoms with Crippen molar-refractivity contribution >= 4 is 29.9 Å². The molecule has 3 rings (SSSR count). The molecule has 1 aliphatic rings. The maximum atomic E-state index is 4.34. The molecule has 0 aliphatic heterocycles. The van der Waals surface area contributed by atoms with E-state index < -0.39 is 0 Å². The van der Waals surface area contributed by atoms with Crippen molar-refractivity contribution in [2.45, 2.75) is 38.1 Å². The molecule has 0 unspecified atom stereocenters. The van der Waals surface area contributed by atoms with Crippen LogP contribution in [0.2, 0.25) is 0 Å². The molecule has 1 saturated carbocycles. The van der Waals surface area contributed by atoms with Crippen LogP contribution in [0.25, 0.3) is 0 Å². The molecule has 25 heavy (non-hydrogen) atoms. The van der Waals surface area contributed by atoms with E-state index in [0.717, 1.165) is 25.6 Å². The second kappa shape index (κ2) is 9.22. The van der Waals surface area contributed by atoms with Gasteiger partial charge in [-0.25, -0.2) is 0 Å². The fraction of sp³-hybridized carbons (Fsp3) is 0.474. The quantitative estimate of drug-likeness (QED) is 0.402. The number of aryl methyl sites for hydroxylation is 1. The molecule has 0 bridgehead atoms. The number of halogens is 1. The Morgan fingerprint density at radius 1 is 1.24 bits per heavy atom. The number of nitrogens with one attached hydrogen (secondary N) is 2. The van der Waals surface area contributed by atoms with Gasteiger partial charge >= 0.3 is 0 Å². The summed E-state index contributed by atoms with van der Waals surface area (Å²) in [4.78, 5) is 4.34. The van der Waals surface area contributed by atoms with E-state index in [4.69, 9.17) is 0 Å². The fourth-order valence-corrected chi connectivity index (χ4v) is 3.31. The highest BCUT2D eigenvalue weighted by Gasteiger charge is 2.38. The molecule has 1 aromatic carbocycles. The molecular weight excluding hydrogens is 425 g/mol. The predicted octanol–water partition coefficient (Wildman–Crippen LogP) is 3.10. The Morgan fingerprint density at radius 2 is 2.00 bits per heavy atom. The Kier molecular flexibility index (Phi) is 7.28. The van der Waals surface area contributed by atoms with Gasteiger partial charge in [-0.2, -0.15) is 5.10 Å². The maximum Gasteiger partial charge on any atom is 0.191 e. The molecule has 0 amide bonds. The van der Waals surface area contributed by atoms with Crippen LogP contribution in [-0.2, 0) is 12.0 Å². The Bertz CT molecular complexity index is 676. The van der Waals surface area contributed by atoms with Crippen LogP contribution in [0.4, 0.5) is 0 Å². The summed E-state index contributed by atoms with van der Waals surface area (Å²) in [7, 11) is 1.82. The van der Waals surface area contributed by atoms with E-state index in [1.54, 1.807) is 0 Å². The second-order valence-corrected chi connectivity index (χ2v) is 6.63. The largest absolute Gasteiger partial charge is 0.356 e. The van der Waals surface area contributed by atoms with Crippen molar-refractivity contribution in [3.63, 3.8) is 0 Å². The molecule has 6 heteroatoms. The first kappa shape index (κ1) is 19.8. The number of benzene rings is 1. The molecule has 0 saturated heterocycles. The molecule has 136 valence electrons. The van der Waals surface area contributed by atoms with Crippen LogP contribution in [0.1, 0.15) is 30.4 Å². The van der Waals surface area contributed by atoms with Gasteiger partial charge in [-0.15, -0.1) is 24.0 Å². The van der Waals surface area contributed by atoms with Gasteiger partial charge in [0, 0.05) is 31.7 Å². The van der Waals surface area contributed by atoms with Crippen LogP contribution in [0.15, 0.2) is 47.7 Å². The van der Waals surface area contributed by atoms with Crippen molar-refractivity contribution in [2.24, 2.45) is 4.99 Å². The third-order valence-electron chi connectivity index (χ3n) is 4.91. The summed E-state index contributed by atoms with van der Waals surface area (Å²) in [5, 5.41) is 11.2. The van der Waals surface area contributed by atoms with Crippen molar-refractivity contribution in [1.82, 2.24) is 20.4 Å². The van der Waals surface area contributed by atoms with E-state index in [1.165, 1.54) is 30.4 Å². The molecule has 0 spiro atoms. The van der Waals surface area contributed by atoms with Crippen molar-refractivity contribution < 1.29 is 0 Å². The third-order valence-corrected chi connectivity index (χ3v) is 4.91. The molecule has 1 aliphatic carbocycles. The van der Waals surface area contributed by atoms with Gasteiger partial charge in [0.05, 0.1) is 12.7 Å². The van der Waals surface area contributed by atoms with E-state index in [1.807, 2.05) is 17.9 Å². The summed E-state index contributed by atoms with van der Waals surface area (Å²) in [5.41, 5.74) is 2.89. The summed E-state index contributed by atoms with van der Waals surface area (Å²) in [5.74, 6) is 0.862. The fourth-order valence-electron chi connectivity index (χ4n) is 3.31. The summed E-state index contributed by atoms with van der Waals surface area (Å²) >= 11 is 0. The maximum absolute atomic E-state index is 4.34. The zero-order valence-electron chi connectivity index (χ0n) is 15.0. The lowest BCUT2D eigenvalue weighted by molar-refractivity contribution is 0.244. The van der Waals surface area contributed by atoms with Crippen LogP contribution in [0.3, 0.4) is 0 Å². The van der Waals surface area contributed by atoms with Crippen LogP contribution >= 0.6 is 24.0 Å². The summed E-state index contributed by atoms with van der Waals surface area (Å²) in [6, 6.07) is 10.8. The number of nitrogens with zero attached hydrogens (tertiary/aromatic N) is 3. The zero-order valence-corrected chi connectivity index (χ0v) is 17.4. The lowest BCUT2D eigenvalue weighted by Crippen LogP contribution is -2.49. The number of guanidine groups is 1. The van der Waals surface area contributed by atoms with Gasteiger partial charge in [0.2, 0.25) is 0 Å². The van der Waals surface area contributed by atoms with Gasteiger partial charge in [-0.3, -0.25) is 9.67 Å². The minimum atomic E-state index is 0. The highest BCUT2D eigenvalue weighted by Crippen LogP contribution is 2.43. The Labute approximate surface area is 167 Å².